The van der Waals surface area contributed by atoms with Crippen molar-refractivity contribution < 1.29 is 19.1 Å². The van der Waals surface area contributed by atoms with Gasteiger partial charge in [-0.15, -0.1) is 0 Å². The lowest BCUT2D eigenvalue weighted by Gasteiger charge is -2.47. The van der Waals surface area contributed by atoms with Gasteiger partial charge in [0.25, 0.3) is 0 Å². The predicted octanol–water partition coefficient (Wildman–Crippen LogP) is 5.52. The lowest BCUT2D eigenvalue weighted by Crippen LogP contribution is -2.60. The molecule has 2 fully saturated rings. The summed E-state index contributed by atoms with van der Waals surface area (Å²) in [7, 11) is 0. The van der Waals surface area contributed by atoms with Crippen LogP contribution in [0.4, 0.5) is 0 Å². The number of rotatable bonds is 7. The van der Waals surface area contributed by atoms with E-state index >= 15 is 0 Å². The van der Waals surface area contributed by atoms with Gasteiger partial charge in [0.1, 0.15) is 12.2 Å². The highest BCUT2D eigenvalue weighted by molar-refractivity contribution is 5.80. The van der Waals surface area contributed by atoms with Crippen LogP contribution in [0.5, 0.6) is 0 Å². The first-order valence-corrected chi connectivity index (χ1v) is 13.1. The smallest absolute Gasteiger partial charge is 0.312 e. The maximum atomic E-state index is 13.4. The van der Waals surface area contributed by atoms with Crippen LogP contribution in [-0.4, -0.2) is 46.3 Å². The van der Waals surface area contributed by atoms with Gasteiger partial charge < -0.3 is 20.1 Å². The zero-order chi connectivity index (χ0) is 26.4. The van der Waals surface area contributed by atoms with Crippen molar-refractivity contribution in [2.75, 3.05) is 0 Å². The topological polar surface area (TPSA) is 76.7 Å². The quantitative estimate of drug-likeness (QED) is 0.467. The third-order valence-corrected chi connectivity index (χ3v) is 7.51. The Balaban J connectivity index is 2.09. The number of carbonyl (C=O) groups excluding carboxylic acids is 2. The third kappa shape index (κ3) is 7.68. The molecular weight excluding hydrogens is 428 g/mol. The molecule has 6 nitrogen and oxygen atoms in total. The van der Waals surface area contributed by atoms with Crippen molar-refractivity contribution in [3.63, 3.8) is 0 Å². The maximum Gasteiger partial charge on any atom is 0.312 e. The van der Waals surface area contributed by atoms with Gasteiger partial charge in [-0.05, 0) is 89.0 Å². The van der Waals surface area contributed by atoms with Gasteiger partial charge in [-0.3, -0.25) is 9.59 Å². The molecule has 0 aromatic carbocycles. The number of esters is 2. The molecule has 1 atom stereocenters. The molecule has 6 heteroatoms. The molecule has 2 N–H and O–H groups in total. The molecule has 0 saturated carbocycles. The van der Waals surface area contributed by atoms with Crippen molar-refractivity contribution in [1.29, 1.82) is 0 Å². The summed E-state index contributed by atoms with van der Waals surface area (Å²) in [6, 6.07) is 0. The van der Waals surface area contributed by atoms with Crippen LogP contribution in [-0.2, 0) is 19.1 Å². The van der Waals surface area contributed by atoms with E-state index in [1.54, 1.807) is 0 Å². The molecule has 2 aliphatic rings. The molecule has 0 bridgehead atoms. The van der Waals surface area contributed by atoms with Gasteiger partial charge in [-0.25, -0.2) is 0 Å². The van der Waals surface area contributed by atoms with E-state index in [1.807, 2.05) is 27.7 Å². The average molecular weight is 481 g/mol. The van der Waals surface area contributed by atoms with Crippen molar-refractivity contribution in [3.8, 4) is 0 Å². The maximum absolute atomic E-state index is 13.4. The first-order valence-electron chi connectivity index (χ1n) is 13.1. The Labute approximate surface area is 208 Å². The molecule has 2 aliphatic heterocycles. The average Bonchev–Trinajstić information content (AvgIpc) is 2.55. The predicted molar refractivity (Wildman–Crippen MR) is 138 cm³/mol. The van der Waals surface area contributed by atoms with Crippen LogP contribution < -0.4 is 10.6 Å². The minimum Gasteiger partial charge on any atom is -0.462 e. The fourth-order valence-electron chi connectivity index (χ4n) is 6.62. The molecule has 2 saturated heterocycles. The van der Waals surface area contributed by atoms with E-state index in [1.165, 1.54) is 0 Å². The molecule has 34 heavy (non-hydrogen) atoms. The van der Waals surface area contributed by atoms with Crippen molar-refractivity contribution >= 4 is 11.9 Å². The Hall–Kier alpha value is -1.14. The molecule has 0 aromatic heterocycles. The van der Waals surface area contributed by atoms with Gasteiger partial charge >= 0.3 is 11.9 Å². The second-order valence-electron chi connectivity index (χ2n) is 14.6. The molecule has 2 heterocycles. The fraction of sp³-hybridized carbons (Fsp3) is 0.929. The molecule has 0 amide bonds. The number of nitrogens with one attached hydrogen (secondary N) is 2. The molecule has 2 rings (SSSR count). The summed E-state index contributed by atoms with van der Waals surface area (Å²) in [5, 5.41) is 7.26. The zero-order valence-corrected chi connectivity index (χ0v) is 24.0. The molecule has 0 aromatic rings. The SMILES string of the molecule is CCC(C)(CC(C)(C)C(=O)OC1CC(C)(C)NC(C)(C)C1)C(=O)OC1CC(C)(C)NC(C)(C)C1. The van der Waals surface area contributed by atoms with Crippen LogP contribution in [0, 0.1) is 10.8 Å². The lowest BCUT2D eigenvalue weighted by atomic mass is 9.72. The number of carbonyl (C=O) groups is 2. The number of hydrogen-bond donors (Lipinski definition) is 2. The minimum atomic E-state index is -0.796. The van der Waals surface area contributed by atoms with E-state index in [4.69, 9.17) is 9.47 Å². The second-order valence-corrected chi connectivity index (χ2v) is 14.6. The normalized spacial score (nSPS) is 26.4. The largest absolute Gasteiger partial charge is 0.462 e. The first kappa shape index (κ1) is 29.1. The summed E-state index contributed by atoms with van der Waals surface area (Å²) in [5.74, 6) is -0.443. The second kappa shape index (κ2) is 9.38. The summed E-state index contributed by atoms with van der Waals surface area (Å²) in [6.45, 7) is 24.9. The van der Waals surface area contributed by atoms with E-state index < -0.39 is 10.8 Å². The van der Waals surface area contributed by atoms with Crippen molar-refractivity contribution in [3.05, 3.63) is 0 Å². The fourth-order valence-corrected chi connectivity index (χ4v) is 6.62. The van der Waals surface area contributed by atoms with Gasteiger partial charge in [-0.1, -0.05) is 6.92 Å². The Kier molecular flexibility index (Phi) is 8.03. The van der Waals surface area contributed by atoms with Crippen LogP contribution in [0.3, 0.4) is 0 Å². The van der Waals surface area contributed by atoms with Crippen molar-refractivity contribution in [2.45, 2.75) is 156 Å². The molecule has 0 aliphatic carbocycles. The highest BCUT2D eigenvalue weighted by Crippen LogP contribution is 2.41. The van der Waals surface area contributed by atoms with E-state index in [9.17, 15) is 9.59 Å². The van der Waals surface area contributed by atoms with Crippen LogP contribution >= 0.6 is 0 Å². The Morgan fingerprint density at radius 2 is 1.03 bits per heavy atom. The summed E-state index contributed by atoms with van der Waals surface area (Å²) >= 11 is 0. The molecule has 0 radical (unpaired) electrons. The van der Waals surface area contributed by atoms with E-state index in [0.717, 1.165) is 25.7 Å². The summed E-state index contributed by atoms with van der Waals surface area (Å²) < 4.78 is 12.2. The van der Waals surface area contributed by atoms with Crippen LogP contribution in [0.25, 0.3) is 0 Å². The Morgan fingerprint density at radius 3 is 1.35 bits per heavy atom. The third-order valence-electron chi connectivity index (χ3n) is 7.51. The van der Waals surface area contributed by atoms with Crippen molar-refractivity contribution in [2.24, 2.45) is 10.8 Å². The van der Waals surface area contributed by atoms with E-state index in [2.05, 4.69) is 66.0 Å². The van der Waals surface area contributed by atoms with Gasteiger partial charge in [-0.2, -0.15) is 0 Å². The lowest BCUT2D eigenvalue weighted by molar-refractivity contribution is -0.172. The molecular formula is C28H52N2O4. The van der Waals surface area contributed by atoms with Crippen LogP contribution in [0.15, 0.2) is 0 Å². The monoisotopic (exact) mass is 480 g/mol. The van der Waals surface area contributed by atoms with Gasteiger partial charge in [0, 0.05) is 47.8 Å². The first-order chi connectivity index (χ1) is 15.1. The molecule has 1 unspecified atom stereocenters. The Morgan fingerprint density at radius 1 is 0.706 bits per heavy atom. The number of ether oxygens (including phenoxy) is 2. The number of piperidine rings is 2. The van der Waals surface area contributed by atoms with Gasteiger partial charge in [0.05, 0.1) is 10.8 Å². The number of hydrogen-bond acceptors (Lipinski definition) is 6. The molecule has 198 valence electrons. The summed E-state index contributed by atoms with van der Waals surface area (Å²) in [4.78, 5) is 26.8. The minimum absolute atomic E-state index is 0.102. The highest BCUT2D eigenvalue weighted by atomic mass is 16.6. The van der Waals surface area contributed by atoms with Crippen molar-refractivity contribution in [1.82, 2.24) is 10.6 Å². The summed E-state index contributed by atoms with van der Waals surface area (Å²) in [5.41, 5.74) is -1.96. The van der Waals surface area contributed by atoms with Crippen LogP contribution in [0.1, 0.15) is 122 Å². The molecule has 0 spiro atoms. The summed E-state index contributed by atoms with van der Waals surface area (Å²) in [6.07, 6.45) is 3.80. The van der Waals surface area contributed by atoms with E-state index in [0.29, 0.717) is 12.8 Å². The van der Waals surface area contributed by atoms with E-state index in [-0.39, 0.29) is 46.3 Å². The zero-order valence-electron chi connectivity index (χ0n) is 24.0. The standard InChI is InChI=1S/C28H52N2O4/c1-13-28(12,22(32)34-20-16-26(8,9)30-27(10,11)17-20)18-23(2,3)21(31)33-19-14-24(4,5)29-25(6,7)15-19/h19-20,29-30H,13-18H2,1-12H3. The van der Waals surface area contributed by atoms with Gasteiger partial charge in [0.2, 0.25) is 0 Å². The van der Waals surface area contributed by atoms with Gasteiger partial charge in [0.15, 0.2) is 0 Å². The van der Waals surface area contributed by atoms with Crippen LogP contribution in [0.2, 0.25) is 0 Å². The Bertz CT molecular complexity index is 736. The highest BCUT2D eigenvalue weighted by Gasteiger charge is 2.47.